The van der Waals surface area contributed by atoms with Gasteiger partial charge >= 0.3 is 0 Å². The smallest absolute Gasteiger partial charge is 0.229 e. The van der Waals surface area contributed by atoms with E-state index in [0.717, 1.165) is 63.0 Å². The molecule has 0 unspecified atom stereocenters. The summed E-state index contributed by atoms with van der Waals surface area (Å²) < 4.78 is 16.8. The predicted octanol–water partition coefficient (Wildman–Crippen LogP) is 4.71. The van der Waals surface area contributed by atoms with Crippen molar-refractivity contribution in [3.63, 3.8) is 0 Å². The van der Waals surface area contributed by atoms with E-state index in [1.54, 1.807) is 6.20 Å². The van der Waals surface area contributed by atoms with Crippen LogP contribution in [0, 0.1) is 5.82 Å². The Morgan fingerprint density at radius 1 is 1.00 bits per heavy atom. The second-order valence-corrected chi connectivity index (χ2v) is 9.13. The van der Waals surface area contributed by atoms with Crippen molar-refractivity contribution in [2.24, 2.45) is 0 Å². The molecule has 1 fully saturated rings. The molecule has 2 aliphatic heterocycles. The van der Waals surface area contributed by atoms with Crippen LogP contribution in [-0.4, -0.2) is 49.8 Å². The third kappa shape index (κ3) is 4.24. The standard InChI is InChI=1S/C24H30FN7/c1-16-5-3-4-10-32-23(16)19(14-28-32)22-20(25)15-27-24(30-22)29-21-7-6-18(13-26-21)17-8-11-31(2)12-9-17/h6-7,13-17H,3-5,8-12H2,1-2H3,(H,26,27,29,30)/t16-/m1/s1. The van der Waals surface area contributed by atoms with Gasteiger partial charge < -0.3 is 10.2 Å². The monoisotopic (exact) mass is 435 g/mol. The van der Waals surface area contributed by atoms with Gasteiger partial charge in [0.25, 0.3) is 0 Å². The molecule has 32 heavy (non-hydrogen) atoms. The lowest BCUT2D eigenvalue weighted by Crippen LogP contribution is -2.29. The number of fused-ring (bicyclic) bond motifs is 1. The molecular weight excluding hydrogens is 405 g/mol. The molecule has 0 aromatic carbocycles. The fraction of sp³-hybridized carbons (Fsp3) is 0.500. The van der Waals surface area contributed by atoms with E-state index in [4.69, 9.17) is 0 Å². The number of aromatic nitrogens is 5. The van der Waals surface area contributed by atoms with Crippen LogP contribution in [0.25, 0.3) is 11.3 Å². The number of nitrogens with zero attached hydrogens (tertiary/aromatic N) is 6. The van der Waals surface area contributed by atoms with E-state index in [1.807, 2.05) is 16.9 Å². The lowest BCUT2D eigenvalue weighted by molar-refractivity contribution is 0.255. The Morgan fingerprint density at radius 2 is 1.84 bits per heavy atom. The third-order valence-corrected chi connectivity index (χ3v) is 6.82. The maximum atomic E-state index is 14.7. The van der Waals surface area contributed by atoms with Crippen molar-refractivity contribution < 1.29 is 4.39 Å². The van der Waals surface area contributed by atoms with Gasteiger partial charge in [0.15, 0.2) is 5.82 Å². The molecule has 0 bridgehead atoms. The van der Waals surface area contributed by atoms with Crippen molar-refractivity contribution in [1.82, 2.24) is 29.6 Å². The fourth-order valence-corrected chi connectivity index (χ4v) is 4.92. The van der Waals surface area contributed by atoms with E-state index in [0.29, 0.717) is 29.3 Å². The first-order valence-corrected chi connectivity index (χ1v) is 11.6. The maximum Gasteiger partial charge on any atom is 0.229 e. The normalized spacial score (nSPS) is 20.0. The molecule has 8 heteroatoms. The highest BCUT2D eigenvalue weighted by Gasteiger charge is 2.24. The quantitative estimate of drug-likeness (QED) is 0.640. The van der Waals surface area contributed by atoms with Gasteiger partial charge in [0.2, 0.25) is 5.95 Å². The van der Waals surface area contributed by atoms with Crippen LogP contribution in [0.15, 0.2) is 30.7 Å². The van der Waals surface area contributed by atoms with Crippen LogP contribution in [0.1, 0.15) is 62.1 Å². The molecule has 2 aliphatic rings. The summed E-state index contributed by atoms with van der Waals surface area (Å²) in [4.78, 5) is 15.6. The fourth-order valence-electron chi connectivity index (χ4n) is 4.92. The molecule has 168 valence electrons. The number of anilines is 2. The lowest BCUT2D eigenvalue weighted by atomic mass is 9.91. The van der Waals surface area contributed by atoms with Crippen molar-refractivity contribution >= 4 is 11.8 Å². The van der Waals surface area contributed by atoms with E-state index in [-0.39, 0.29) is 0 Å². The summed E-state index contributed by atoms with van der Waals surface area (Å²) in [6, 6.07) is 4.07. The highest BCUT2D eigenvalue weighted by molar-refractivity contribution is 5.64. The van der Waals surface area contributed by atoms with Gasteiger partial charge in [-0.1, -0.05) is 19.4 Å². The van der Waals surface area contributed by atoms with Crippen molar-refractivity contribution in [3.8, 4) is 11.3 Å². The molecule has 0 saturated carbocycles. The summed E-state index contributed by atoms with van der Waals surface area (Å²) >= 11 is 0. The molecule has 0 aliphatic carbocycles. The summed E-state index contributed by atoms with van der Waals surface area (Å²) in [6.45, 7) is 5.28. The number of piperidine rings is 1. The van der Waals surface area contributed by atoms with Gasteiger partial charge in [-0.15, -0.1) is 0 Å². The van der Waals surface area contributed by atoms with Crippen molar-refractivity contribution in [1.29, 1.82) is 0 Å². The number of halogens is 1. The largest absolute Gasteiger partial charge is 0.309 e. The molecular formula is C24H30FN7. The van der Waals surface area contributed by atoms with Crippen LogP contribution in [0.2, 0.25) is 0 Å². The van der Waals surface area contributed by atoms with E-state index in [9.17, 15) is 4.39 Å². The maximum absolute atomic E-state index is 14.7. The molecule has 5 heterocycles. The van der Waals surface area contributed by atoms with Gasteiger partial charge in [0.1, 0.15) is 11.5 Å². The molecule has 3 aromatic heterocycles. The lowest BCUT2D eigenvalue weighted by Gasteiger charge is -2.29. The average molecular weight is 436 g/mol. The van der Waals surface area contributed by atoms with Crippen LogP contribution in [0.5, 0.6) is 0 Å². The van der Waals surface area contributed by atoms with Crippen molar-refractivity contribution in [2.45, 2.75) is 57.4 Å². The van der Waals surface area contributed by atoms with Crippen LogP contribution in [0.4, 0.5) is 16.2 Å². The van der Waals surface area contributed by atoms with Gasteiger partial charge in [-0.2, -0.15) is 5.10 Å². The minimum atomic E-state index is -0.437. The Morgan fingerprint density at radius 3 is 2.62 bits per heavy atom. The Balaban J connectivity index is 1.37. The molecule has 0 spiro atoms. The van der Waals surface area contributed by atoms with E-state index in [2.05, 4.69) is 50.3 Å². The Labute approximate surface area is 188 Å². The van der Waals surface area contributed by atoms with Crippen LogP contribution in [0.3, 0.4) is 0 Å². The van der Waals surface area contributed by atoms with Gasteiger partial charge in [-0.25, -0.2) is 19.3 Å². The molecule has 0 radical (unpaired) electrons. The number of likely N-dealkylation sites (tertiary alicyclic amines) is 1. The summed E-state index contributed by atoms with van der Waals surface area (Å²) in [6.07, 6.45) is 10.5. The Hall–Kier alpha value is -2.87. The molecule has 5 rings (SSSR count). The summed E-state index contributed by atoms with van der Waals surface area (Å²) in [7, 11) is 2.17. The molecule has 1 saturated heterocycles. The average Bonchev–Trinajstić information content (AvgIpc) is 3.14. The first-order valence-electron chi connectivity index (χ1n) is 11.6. The van der Waals surface area contributed by atoms with Crippen LogP contribution < -0.4 is 5.32 Å². The highest BCUT2D eigenvalue weighted by Crippen LogP contribution is 2.35. The predicted molar refractivity (Wildman–Crippen MR) is 122 cm³/mol. The molecule has 3 aromatic rings. The zero-order valence-corrected chi connectivity index (χ0v) is 18.8. The number of hydrogen-bond acceptors (Lipinski definition) is 6. The SMILES string of the molecule is C[C@@H]1CCCCn2ncc(-c3nc(Nc4ccc(C5CCN(C)CC5)cn4)ncc3F)c21. The summed E-state index contributed by atoms with van der Waals surface area (Å²) in [5.74, 6) is 1.42. The van der Waals surface area contributed by atoms with Crippen LogP contribution >= 0.6 is 0 Å². The summed E-state index contributed by atoms with van der Waals surface area (Å²) in [5.41, 5.74) is 3.38. The first-order chi connectivity index (χ1) is 15.6. The zero-order chi connectivity index (χ0) is 22.1. The third-order valence-electron chi connectivity index (χ3n) is 6.82. The number of nitrogens with one attached hydrogen (secondary N) is 1. The van der Waals surface area contributed by atoms with E-state index in [1.165, 1.54) is 11.8 Å². The minimum Gasteiger partial charge on any atom is -0.309 e. The number of aryl methyl sites for hydroxylation is 1. The molecule has 1 atom stereocenters. The van der Waals surface area contributed by atoms with Gasteiger partial charge in [-0.05, 0) is 69.3 Å². The topological polar surface area (TPSA) is 71.8 Å². The van der Waals surface area contributed by atoms with E-state index < -0.39 is 5.82 Å². The second-order valence-electron chi connectivity index (χ2n) is 9.13. The number of pyridine rings is 1. The molecule has 0 amide bonds. The van der Waals surface area contributed by atoms with Gasteiger partial charge in [-0.3, -0.25) is 4.68 Å². The number of hydrogen-bond donors (Lipinski definition) is 1. The zero-order valence-electron chi connectivity index (χ0n) is 18.8. The van der Waals surface area contributed by atoms with Crippen molar-refractivity contribution in [2.75, 3.05) is 25.5 Å². The van der Waals surface area contributed by atoms with Gasteiger partial charge in [0.05, 0.1) is 18.1 Å². The summed E-state index contributed by atoms with van der Waals surface area (Å²) in [5, 5.41) is 7.65. The Kier molecular flexibility index (Phi) is 5.87. The van der Waals surface area contributed by atoms with E-state index >= 15 is 0 Å². The Bertz CT molecular complexity index is 1070. The van der Waals surface area contributed by atoms with Crippen molar-refractivity contribution in [3.05, 3.63) is 47.8 Å². The number of rotatable bonds is 4. The minimum absolute atomic E-state index is 0.292. The first kappa shape index (κ1) is 21.0. The second kappa shape index (κ2) is 8.94. The molecule has 1 N–H and O–H groups in total. The van der Waals surface area contributed by atoms with Crippen LogP contribution in [-0.2, 0) is 6.54 Å². The van der Waals surface area contributed by atoms with Gasteiger partial charge in [0, 0.05) is 18.3 Å². The highest BCUT2D eigenvalue weighted by atomic mass is 19.1. The molecule has 7 nitrogen and oxygen atoms in total.